The van der Waals surface area contributed by atoms with Crippen LogP contribution in [0.25, 0.3) is 0 Å². The van der Waals surface area contributed by atoms with Gasteiger partial charge in [0.2, 0.25) is 0 Å². The fraction of sp³-hybridized carbons (Fsp3) is 1.00. The number of hydrogen-bond donors (Lipinski definition) is 0. The normalized spacial score (nSPS) is 12.0. The monoisotopic (exact) mass is 296 g/mol. The molecule has 0 heterocycles. The molecule has 0 atom stereocenters. The summed E-state index contributed by atoms with van der Waals surface area (Å²) in [6.07, 6.45) is 0. The third kappa shape index (κ3) is 81.5. The predicted molar refractivity (Wildman–Crippen MR) is 89.9 cm³/mol. The maximum Gasteiger partial charge on any atom is 0.183 e. The molecule has 2 nitrogen and oxygen atoms in total. The lowest BCUT2D eigenvalue weighted by Gasteiger charge is -2.10. The van der Waals surface area contributed by atoms with E-state index in [1.54, 1.807) is 14.2 Å². The van der Waals surface area contributed by atoms with Crippen LogP contribution in [0, 0.1) is 0 Å². The van der Waals surface area contributed by atoms with Crippen molar-refractivity contribution >= 4 is 24.7 Å². The van der Waals surface area contributed by atoms with Gasteiger partial charge in [-0.2, -0.15) is 0 Å². The van der Waals surface area contributed by atoms with E-state index in [0.29, 0.717) is 0 Å². The minimum atomic E-state index is -1.13. The third-order valence-electron chi connectivity index (χ3n) is 1.22. The van der Waals surface area contributed by atoms with Gasteiger partial charge in [0.25, 0.3) is 0 Å². The van der Waals surface area contributed by atoms with Crippen molar-refractivity contribution in [2.45, 2.75) is 65.5 Å². The molecule has 0 aliphatic carbocycles. The topological polar surface area (TPSA) is 18.5 Å². The first-order chi connectivity index (χ1) is 7.12. The lowest BCUT2D eigenvalue weighted by molar-refractivity contribution is 0.410. The lowest BCUT2D eigenvalue weighted by Crippen LogP contribution is -2.22. The number of rotatable bonds is 2. The fourth-order valence-electron chi connectivity index (χ4n) is 0. The van der Waals surface area contributed by atoms with E-state index in [1.165, 1.54) is 0 Å². The van der Waals surface area contributed by atoms with E-state index in [0.717, 1.165) is 0 Å². The van der Waals surface area contributed by atoms with E-state index in [1.807, 2.05) is 0 Å². The zero-order valence-corrected chi connectivity index (χ0v) is 17.3. The van der Waals surface area contributed by atoms with E-state index >= 15 is 0 Å². The van der Waals surface area contributed by atoms with Crippen LogP contribution in [-0.2, 0) is 8.85 Å². The highest BCUT2D eigenvalue weighted by molar-refractivity contribution is 6.74. The summed E-state index contributed by atoms with van der Waals surface area (Å²) < 4.78 is 10.2. The van der Waals surface area contributed by atoms with E-state index < -0.39 is 24.7 Å². The first-order valence-corrected chi connectivity index (χ1v) is 17.0. The molecule has 0 spiro atoms. The van der Waals surface area contributed by atoms with Gasteiger partial charge < -0.3 is 8.85 Å². The van der Waals surface area contributed by atoms with Crippen LogP contribution in [-0.4, -0.2) is 38.9 Å². The van der Waals surface area contributed by atoms with Crippen LogP contribution in [0.2, 0.25) is 65.5 Å². The molecule has 108 valence electrons. The van der Waals surface area contributed by atoms with E-state index in [-0.39, 0.29) is 0 Å². The Hall–Kier alpha value is 0.571. The smallest absolute Gasteiger partial charge is 0.183 e. The molecule has 0 fully saturated rings. The van der Waals surface area contributed by atoms with Gasteiger partial charge >= 0.3 is 0 Å². The third-order valence-corrected chi connectivity index (χ3v) is 3.67. The van der Waals surface area contributed by atoms with Crippen LogP contribution in [0.15, 0.2) is 0 Å². The average molecular weight is 297 g/mol. The van der Waals surface area contributed by atoms with Gasteiger partial charge in [-0.1, -0.05) is 26.2 Å². The summed E-state index contributed by atoms with van der Waals surface area (Å²) in [5, 5.41) is 0. The van der Waals surface area contributed by atoms with E-state index in [2.05, 4.69) is 65.5 Å². The second-order valence-electron chi connectivity index (χ2n) is 7.63. The van der Waals surface area contributed by atoms with Crippen molar-refractivity contribution in [2.75, 3.05) is 14.2 Å². The van der Waals surface area contributed by atoms with Crippen LogP contribution in [0.1, 0.15) is 0 Å². The van der Waals surface area contributed by atoms with Crippen LogP contribution in [0.5, 0.6) is 0 Å². The SMILES string of the molecule is CO[Si](C)(C)C.CO[Si](C)(C)C.C[Si](C)(C)C. The fourth-order valence-corrected chi connectivity index (χ4v) is 0. The molecular formula is C12H36O2Si3. The molecule has 0 saturated carbocycles. The van der Waals surface area contributed by atoms with Crippen molar-refractivity contribution < 1.29 is 8.85 Å². The van der Waals surface area contributed by atoms with Crippen molar-refractivity contribution in [3.05, 3.63) is 0 Å². The Labute approximate surface area is 113 Å². The maximum absolute atomic E-state index is 5.08. The molecule has 0 aromatic rings. The molecular weight excluding hydrogens is 260 g/mol. The number of hydrogen-bond acceptors (Lipinski definition) is 2. The molecule has 0 aromatic carbocycles. The van der Waals surface area contributed by atoms with Gasteiger partial charge in [0.15, 0.2) is 16.6 Å². The van der Waals surface area contributed by atoms with Crippen molar-refractivity contribution in [3.63, 3.8) is 0 Å². The van der Waals surface area contributed by atoms with Crippen molar-refractivity contribution in [2.24, 2.45) is 0 Å². The standard InChI is InChI=1S/2C4H12OSi.C4H12Si/c2*1-5-6(2,3)4;1-5(2,3)4/h2*1-4H3;1-4H3. The Balaban J connectivity index is -0.000000174. The zero-order chi connectivity index (χ0) is 14.9. The summed E-state index contributed by atoms with van der Waals surface area (Å²) in [5.74, 6) is 0. The van der Waals surface area contributed by atoms with Gasteiger partial charge in [-0.15, -0.1) is 0 Å². The molecule has 0 unspecified atom stereocenters. The summed E-state index contributed by atoms with van der Waals surface area (Å²) in [6, 6.07) is 0. The Morgan fingerprint density at radius 1 is 0.471 bits per heavy atom. The van der Waals surface area contributed by atoms with Gasteiger partial charge in [-0.3, -0.25) is 0 Å². The molecule has 0 radical (unpaired) electrons. The molecule has 5 heteroatoms. The van der Waals surface area contributed by atoms with Crippen LogP contribution in [0.3, 0.4) is 0 Å². The van der Waals surface area contributed by atoms with Crippen LogP contribution in [0.4, 0.5) is 0 Å². The molecule has 0 amide bonds. The molecule has 0 N–H and O–H groups in total. The summed E-state index contributed by atoms with van der Waals surface area (Å²) in [7, 11) is 0.667. The highest BCUT2D eigenvalue weighted by Crippen LogP contribution is 1.98. The van der Waals surface area contributed by atoms with Gasteiger partial charge in [0.05, 0.1) is 0 Å². The van der Waals surface area contributed by atoms with Crippen molar-refractivity contribution in [3.8, 4) is 0 Å². The van der Waals surface area contributed by atoms with Gasteiger partial charge in [0, 0.05) is 22.3 Å². The van der Waals surface area contributed by atoms with Gasteiger partial charge in [0.1, 0.15) is 0 Å². The molecule has 0 rings (SSSR count). The minimum Gasteiger partial charge on any atom is -0.421 e. The lowest BCUT2D eigenvalue weighted by atomic mass is 11.8. The second kappa shape index (κ2) is 9.49. The molecule has 17 heavy (non-hydrogen) atoms. The molecule has 0 aliphatic rings. The summed E-state index contributed by atoms with van der Waals surface area (Å²) in [5.41, 5.74) is 0. The zero-order valence-electron chi connectivity index (χ0n) is 14.3. The highest BCUT2D eigenvalue weighted by Gasteiger charge is 2.09. The Bertz CT molecular complexity index is 144. The molecule has 0 aliphatic heterocycles. The predicted octanol–water partition coefficient (Wildman–Crippen LogP) is 4.89. The molecule has 0 aromatic heterocycles. The Morgan fingerprint density at radius 3 is 0.529 bits per heavy atom. The average Bonchev–Trinajstić information content (AvgIpc) is 2.00. The van der Waals surface area contributed by atoms with E-state index in [4.69, 9.17) is 8.85 Å². The quantitative estimate of drug-likeness (QED) is 0.675. The maximum atomic E-state index is 5.08. The van der Waals surface area contributed by atoms with Crippen molar-refractivity contribution in [1.82, 2.24) is 0 Å². The van der Waals surface area contributed by atoms with Gasteiger partial charge in [-0.05, 0) is 39.3 Å². The van der Waals surface area contributed by atoms with Crippen LogP contribution >= 0.6 is 0 Å². The Morgan fingerprint density at radius 2 is 0.529 bits per heavy atom. The summed E-state index contributed by atoms with van der Waals surface area (Å²) >= 11 is 0. The van der Waals surface area contributed by atoms with Crippen molar-refractivity contribution in [1.29, 1.82) is 0 Å². The summed E-state index contributed by atoms with van der Waals surface area (Å²) in [6.45, 7) is 22.3. The highest BCUT2D eigenvalue weighted by atomic mass is 28.4. The first kappa shape index (κ1) is 22.7. The second-order valence-corrected chi connectivity index (χ2v) is 22.9. The Kier molecular flexibility index (Phi) is 12.7. The summed E-state index contributed by atoms with van der Waals surface area (Å²) in [4.78, 5) is 0. The van der Waals surface area contributed by atoms with Crippen LogP contribution < -0.4 is 0 Å². The molecule has 0 bridgehead atoms. The van der Waals surface area contributed by atoms with E-state index in [9.17, 15) is 0 Å². The minimum absolute atomic E-state index is 0.611. The van der Waals surface area contributed by atoms with Gasteiger partial charge in [-0.25, -0.2) is 0 Å². The first-order valence-electron chi connectivity index (χ1n) is 6.22. The molecule has 0 saturated heterocycles. The largest absolute Gasteiger partial charge is 0.421 e.